The molecule has 0 bridgehead atoms. The third-order valence-electron chi connectivity index (χ3n) is 4.19. The normalized spacial score (nSPS) is 19.3. The summed E-state index contributed by atoms with van der Waals surface area (Å²) >= 11 is 0. The molecular weight excluding hydrogens is 416 g/mol. The van der Waals surface area contributed by atoms with E-state index in [4.69, 9.17) is 0 Å². The van der Waals surface area contributed by atoms with Crippen molar-refractivity contribution in [1.82, 2.24) is 10.6 Å². The quantitative estimate of drug-likeness (QED) is 0.424. The Balaban J connectivity index is 0.00000208. The van der Waals surface area contributed by atoms with E-state index in [-0.39, 0.29) is 41.8 Å². The Morgan fingerprint density at radius 1 is 1.12 bits per heavy atom. The second kappa shape index (κ2) is 9.01. The lowest BCUT2D eigenvalue weighted by Crippen LogP contribution is -2.39. The molecule has 3 nitrogen and oxygen atoms in total. The van der Waals surface area contributed by atoms with Gasteiger partial charge in [0.15, 0.2) is 5.96 Å². The molecule has 0 amide bonds. The standard InChI is InChI=1S/C19H22FN3.HI/c1-21-19(22-12-11-14-7-3-2-4-8-14)23-18-13-16(18)15-9-5-6-10-17(15)20;/h2-10,16,18H,11-13H2,1H3,(H2,21,22,23);1H. The fourth-order valence-electron chi connectivity index (χ4n) is 2.81. The van der Waals surface area contributed by atoms with Gasteiger partial charge in [0.25, 0.3) is 0 Å². The lowest BCUT2D eigenvalue weighted by Gasteiger charge is -2.12. The van der Waals surface area contributed by atoms with E-state index in [0.717, 1.165) is 30.9 Å². The molecule has 2 aromatic rings. The molecule has 0 heterocycles. The van der Waals surface area contributed by atoms with E-state index < -0.39 is 0 Å². The topological polar surface area (TPSA) is 36.4 Å². The minimum Gasteiger partial charge on any atom is -0.356 e. The molecule has 5 heteroatoms. The zero-order valence-electron chi connectivity index (χ0n) is 13.7. The largest absolute Gasteiger partial charge is 0.356 e. The highest BCUT2D eigenvalue weighted by Crippen LogP contribution is 2.41. The van der Waals surface area contributed by atoms with E-state index in [1.165, 1.54) is 11.6 Å². The minimum absolute atomic E-state index is 0. The van der Waals surface area contributed by atoms with Crippen LogP contribution in [0.2, 0.25) is 0 Å². The number of benzene rings is 2. The zero-order chi connectivity index (χ0) is 16.1. The first-order valence-electron chi connectivity index (χ1n) is 8.03. The van der Waals surface area contributed by atoms with Crippen molar-refractivity contribution in [2.75, 3.05) is 13.6 Å². The Morgan fingerprint density at radius 3 is 2.54 bits per heavy atom. The van der Waals surface area contributed by atoms with Crippen LogP contribution in [-0.2, 0) is 6.42 Å². The number of guanidine groups is 1. The summed E-state index contributed by atoms with van der Waals surface area (Å²) in [5, 5.41) is 6.70. The molecule has 0 spiro atoms. The molecule has 0 radical (unpaired) electrons. The molecule has 0 aliphatic heterocycles. The SMILES string of the molecule is CN=C(NCCc1ccccc1)NC1CC1c1ccccc1F.I. The molecule has 1 saturated carbocycles. The van der Waals surface area contributed by atoms with Crippen LogP contribution in [0, 0.1) is 5.82 Å². The Bertz CT molecular complexity index is 675. The van der Waals surface area contributed by atoms with Crippen LogP contribution in [0.5, 0.6) is 0 Å². The average molecular weight is 439 g/mol. The fourth-order valence-corrected chi connectivity index (χ4v) is 2.81. The molecular formula is C19H23FIN3. The van der Waals surface area contributed by atoms with Gasteiger partial charge in [-0.05, 0) is 30.0 Å². The van der Waals surface area contributed by atoms with Crippen LogP contribution in [-0.4, -0.2) is 25.6 Å². The highest BCUT2D eigenvalue weighted by molar-refractivity contribution is 14.0. The van der Waals surface area contributed by atoms with Gasteiger partial charge in [-0.1, -0.05) is 48.5 Å². The van der Waals surface area contributed by atoms with Crippen molar-refractivity contribution in [2.45, 2.75) is 24.8 Å². The van der Waals surface area contributed by atoms with Crippen molar-refractivity contribution in [3.05, 3.63) is 71.5 Å². The predicted molar refractivity (Wildman–Crippen MR) is 108 cm³/mol. The number of rotatable bonds is 5. The maximum absolute atomic E-state index is 13.8. The van der Waals surface area contributed by atoms with E-state index in [1.807, 2.05) is 30.3 Å². The highest BCUT2D eigenvalue weighted by atomic mass is 127. The first-order valence-corrected chi connectivity index (χ1v) is 8.03. The second-order valence-corrected chi connectivity index (χ2v) is 5.85. The Labute approximate surface area is 159 Å². The van der Waals surface area contributed by atoms with Crippen molar-refractivity contribution < 1.29 is 4.39 Å². The van der Waals surface area contributed by atoms with E-state index in [1.54, 1.807) is 13.1 Å². The Hall–Kier alpha value is -1.63. The minimum atomic E-state index is -0.117. The summed E-state index contributed by atoms with van der Waals surface area (Å²) in [6, 6.07) is 17.6. The average Bonchev–Trinajstić information content (AvgIpc) is 3.34. The second-order valence-electron chi connectivity index (χ2n) is 5.85. The van der Waals surface area contributed by atoms with Crippen LogP contribution in [0.15, 0.2) is 59.6 Å². The number of aliphatic imine (C=N–C) groups is 1. The van der Waals surface area contributed by atoms with Crippen molar-refractivity contribution in [3.63, 3.8) is 0 Å². The van der Waals surface area contributed by atoms with Crippen LogP contribution in [0.3, 0.4) is 0 Å². The van der Waals surface area contributed by atoms with Crippen LogP contribution in [0.25, 0.3) is 0 Å². The van der Waals surface area contributed by atoms with Gasteiger partial charge in [-0.2, -0.15) is 0 Å². The summed E-state index contributed by atoms with van der Waals surface area (Å²) in [6.45, 7) is 0.820. The molecule has 0 aromatic heterocycles. The molecule has 0 saturated heterocycles. The number of nitrogens with zero attached hydrogens (tertiary/aromatic N) is 1. The molecule has 1 fully saturated rings. The van der Waals surface area contributed by atoms with Crippen molar-refractivity contribution >= 4 is 29.9 Å². The molecule has 2 atom stereocenters. The van der Waals surface area contributed by atoms with E-state index in [2.05, 4.69) is 27.8 Å². The molecule has 2 N–H and O–H groups in total. The van der Waals surface area contributed by atoms with E-state index in [9.17, 15) is 4.39 Å². The number of hydrogen-bond acceptors (Lipinski definition) is 1. The van der Waals surface area contributed by atoms with Gasteiger partial charge >= 0.3 is 0 Å². The molecule has 1 aliphatic rings. The summed E-state index contributed by atoms with van der Waals surface area (Å²) in [5.41, 5.74) is 2.09. The van der Waals surface area contributed by atoms with Crippen molar-refractivity contribution in [2.24, 2.45) is 4.99 Å². The summed E-state index contributed by atoms with van der Waals surface area (Å²) in [6.07, 6.45) is 1.89. The van der Waals surface area contributed by atoms with E-state index >= 15 is 0 Å². The predicted octanol–water partition coefficient (Wildman–Crippen LogP) is 3.71. The molecule has 24 heavy (non-hydrogen) atoms. The molecule has 2 unspecified atom stereocenters. The number of halogens is 2. The summed E-state index contributed by atoms with van der Waals surface area (Å²) in [4.78, 5) is 4.25. The van der Waals surface area contributed by atoms with Gasteiger partial charge in [0.05, 0.1) is 0 Å². The van der Waals surface area contributed by atoms with Crippen molar-refractivity contribution in [3.8, 4) is 0 Å². The van der Waals surface area contributed by atoms with Gasteiger partial charge in [0, 0.05) is 25.6 Å². The maximum Gasteiger partial charge on any atom is 0.191 e. The van der Waals surface area contributed by atoms with Crippen LogP contribution < -0.4 is 10.6 Å². The van der Waals surface area contributed by atoms with Crippen LogP contribution in [0.4, 0.5) is 4.39 Å². The maximum atomic E-state index is 13.8. The first kappa shape index (κ1) is 18.7. The number of nitrogens with one attached hydrogen (secondary N) is 2. The molecule has 128 valence electrons. The van der Waals surface area contributed by atoms with Crippen LogP contribution in [0.1, 0.15) is 23.5 Å². The smallest absolute Gasteiger partial charge is 0.191 e. The van der Waals surface area contributed by atoms with Gasteiger partial charge in [0.2, 0.25) is 0 Å². The van der Waals surface area contributed by atoms with Gasteiger partial charge in [-0.15, -0.1) is 24.0 Å². The highest BCUT2D eigenvalue weighted by Gasteiger charge is 2.40. The lowest BCUT2D eigenvalue weighted by atomic mass is 10.1. The first-order chi connectivity index (χ1) is 11.3. The summed E-state index contributed by atoms with van der Waals surface area (Å²) in [7, 11) is 1.76. The third-order valence-corrected chi connectivity index (χ3v) is 4.19. The van der Waals surface area contributed by atoms with E-state index in [0.29, 0.717) is 0 Å². The van der Waals surface area contributed by atoms with Gasteiger partial charge in [0.1, 0.15) is 5.82 Å². The molecule has 1 aliphatic carbocycles. The number of hydrogen-bond donors (Lipinski definition) is 2. The molecule has 2 aromatic carbocycles. The van der Waals surface area contributed by atoms with Crippen molar-refractivity contribution in [1.29, 1.82) is 0 Å². The Morgan fingerprint density at radius 2 is 1.83 bits per heavy atom. The lowest BCUT2D eigenvalue weighted by molar-refractivity contribution is 0.607. The van der Waals surface area contributed by atoms with Gasteiger partial charge in [-0.3, -0.25) is 4.99 Å². The molecule has 3 rings (SSSR count). The Kier molecular flexibility index (Phi) is 7.02. The zero-order valence-corrected chi connectivity index (χ0v) is 16.0. The third kappa shape index (κ3) is 4.93. The van der Waals surface area contributed by atoms with Gasteiger partial charge < -0.3 is 10.6 Å². The van der Waals surface area contributed by atoms with Crippen LogP contribution >= 0.6 is 24.0 Å². The fraction of sp³-hybridized carbons (Fsp3) is 0.316. The summed E-state index contributed by atoms with van der Waals surface area (Å²) < 4.78 is 13.8. The van der Waals surface area contributed by atoms with Gasteiger partial charge in [-0.25, -0.2) is 4.39 Å². The summed E-state index contributed by atoms with van der Waals surface area (Å²) in [5.74, 6) is 0.905. The monoisotopic (exact) mass is 439 g/mol.